The summed E-state index contributed by atoms with van der Waals surface area (Å²) in [5.74, 6) is -0.427. The van der Waals surface area contributed by atoms with E-state index in [4.69, 9.17) is 11.0 Å². The molecular weight excluding hydrogens is 458 g/mol. The van der Waals surface area contributed by atoms with Crippen LogP contribution in [0.25, 0.3) is 0 Å². The Morgan fingerprint density at radius 1 is 1.19 bits per heavy atom. The molecule has 1 atom stereocenters. The molecular formula is C26H33N7O3. The number of anilines is 4. The third-order valence-corrected chi connectivity index (χ3v) is 5.62. The van der Waals surface area contributed by atoms with Crippen LogP contribution >= 0.6 is 0 Å². The van der Waals surface area contributed by atoms with Crippen molar-refractivity contribution in [2.45, 2.75) is 46.8 Å². The lowest BCUT2D eigenvalue weighted by Crippen LogP contribution is -2.51. The molecule has 10 nitrogen and oxygen atoms in total. The number of nitrogens with one attached hydrogen (secondary N) is 3. The fourth-order valence-electron chi connectivity index (χ4n) is 4.03. The van der Waals surface area contributed by atoms with Gasteiger partial charge in [0.15, 0.2) is 6.29 Å². The summed E-state index contributed by atoms with van der Waals surface area (Å²) in [5, 5.41) is 17.9. The molecule has 10 heteroatoms. The molecule has 0 spiro atoms. The molecule has 0 fully saturated rings. The normalized spacial score (nSPS) is 14.3. The highest BCUT2D eigenvalue weighted by Crippen LogP contribution is 2.37. The van der Waals surface area contributed by atoms with E-state index in [2.05, 4.69) is 16.0 Å². The van der Waals surface area contributed by atoms with Crippen LogP contribution < -0.4 is 31.5 Å². The first-order valence-electron chi connectivity index (χ1n) is 11.8. The molecule has 0 saturated carbocycles. The molecule has 190 valence electrons. The average molecular weight is 492 g/mol. The van der Waals surface area contributed by atoms with Crippen molar-refractivity contribution in [2.24, 2.45) is 11.1 Å². The third-order valence-electron chi connectivity index (χ3n) is 5.62. The Hall–Kier alpha value is -4.26. The van der Waals surface area contributed by atoms with Crippen LogP contribution in [0.1, 0.15) is 46.1 Å². The maximum absolute atomic E-state index is 12.9. The number of nitrogens with two attached hydrogens (primary N) is 1. The number of primary amides is 1. The molecule has 2 aromatic rings. The van der Waals surface area contributed by atoms with Crippen LogP contribution in [0.3, 0.4) is 0 Å². The van der Waals surface area contributed by atoms with Gasteiger partial charge in [-0.3, -0.25) is 9.59 Å². The number of nitrogens with zero attached hydrogens (tertiary/aromatic N) is 3. The Balaban J connectivity index is 1.81. The van der Waals surface area contributed by atoms with Gasteiger partial charge in [0.05, 0.1) is 23.0 Å². The molecule has 1 heterocycles. The fraction of sp³-hybridized carbons (Fsp3) is 0.385. The molecule has 2 aromatic carbocycles. The molecule has 5 N–H and O–H groups in total. The van der Waals surface area contributed by atoms with Crippen LogP contribution in [0.15, 0.2) is 42.5 Å². The third kappa shape index (κ3) is 6.66. The highest BCUT2D eigenvalue weighted by atomic mass is 16.2. The molecule has 4 amide bonds. The predicted molar refractivity (Wildman–Crippen MR) is 140 cm³/mol. The topological polar surface area (TPSA) is 144 Å². The lowest BCUT2D eigenvalue weighted by Gasteiger charge is -2.27. The molecule has 0 aromatic heterocycles. The average Bonchev–Trinajstić information content (AvgIpc) is 3.12. The van der Waals surface area contributed by atoms with E-state index in [0.29, 0.717) is 24.2 Å². The lowest BCUT2D eigenvalue weighted by molar-refractivity contribution is -0.120. The molecule has 0 saturated heterocycles. The van der Waals surface area contributed by atoms with E-state index >= 15 is 0 Å². The second-order valence-corrected chi connectivity index (χ2v) is 9.82. The van der Waals surface area contributed by atoms with Crippen molar-refractivity contribution in [3.63, 3.8) is 0 Å². The SMILES string of the molecule is CCN(C(=O)CC(C)(C)C)c1ccc2c(c1)NC(NC(=O)Nc1cccc(C#N)c1)N2CCC(N)=O. The minimum absolute atomic E-state index is 0.0298. The number of nitriles is 1. The van der Waals surface area contributed by atoms with Crippen molar-refractivity contribution in [2.75, 3.05) is 33.5 Å². The van der Waals surface area contributed by atoms with Gasteiger partial charge in [0, 0.05) is 37.3 Å². The number of rotatable bonds is 8. The summed E-state index contributed by atoms with van der Waals surface area (Å²) >= 11 is 0. The van der Waals surface area contributed by atoms with Crippen LogP contribution in [0.5, 0.6) is 0 Å². The predicted octanol–water partition coefficient (Wildman–Crippen LogP) is 3.56. The monoisotopic (exact) mass is 491 g/mol. The van der Waals surface area contributed by atoms with Gasteiger partial charge in [-0.2, -0.15) is 5.26 Å². The Bertz CT molecular complexity index is 1180. The van der Waals surface area contributed by atoms with E-state index in [1.807, 2.05) is 56.9 Å². The summed E-state index contributed by atoms with van der Waals surface area (Å²) in [7, 11) is 0. The second-order valence-electron chi connectivity index (χ2n) is 9.82. The van der Waals surface area contributed by atoms with Gasteiger partial charge in [0.25, 0.3) is 0 Å². The smallest absolute Gasteiger partial charge is 0.322 e. The summed E-state index contributed by atoms with van der Waals surface area (Å²) < 4.78 is 0. The van der Waals surface area contributed by atoms with E-state index in [1.165, 1.54) is 0 Å². The molecule has 1 aliphatic heterocycles. The van der Waals surface area contributed by atoms with E-state index in [0.717, 1.165) is 17.1 Å². The number of fused-ring (bicyclic) bond motifs is 1. The van der Waals surface area contributed by atoms with Gasteiger partial charge in [0.2, 0.25) is 11.8 Å². The van der Waals surface area contributed by atoms with Gasteiger partial charge in [0.1, 0.15) is 0 Å². The Labute approximate surface area is 211 Å². The zero-order valence-corrected chi connectivity index (χ0v) is 21.1. The number of carbonyl (C=O) groups is 3. The fourth-order valence-corrected chi connectivity index (χ4v) is 4.03. The van der Waals surface area contributed by atoms with Crippen molar-refractivity contribution in [1.29, 1.82) is 5.26 Å². The first-order chi connectivity index (χ1) is 17.0. The van der Waals surface area contributed by atoms with Crippen molar-refractivity contribution in [1.82, 2.24) is 5.32 Å². The molecule has 36 heavy (non-hydrogen) atoms. The summed E-state index contributed by atoms with van der Waals surface area (Å²) in [6.07, 6.45) is -0.153. The molecule has 3 rings (SSSR count). The Kier molecular flexibility index (Phi) is 8.04. The molecule has 0 bridgehead atoms. The van der Waals surface area contributed by atoms with E-state index in [-0.39, 0.29) is 24.3 Å². The molecule has 1 aliphatic rings. The highest BCUT2D eigenvalue weighted by Gasteiger charge is 2.31. The van der Waals surface area contributed by atoms with Crippen molar-refractivity contribution in [3.8, 4) is 6.07 Å². The van der Waals surface area contributed by atoms with Gasteiger partial charge in [-0.1, -0.05) is 26.8 Å². The maximum atomic E-state index is 12.9. The standard InChI is InChI=1S/C26H33N7O3/c1-5-32(23(35)15-26(2,3)4)19-9-10-21-20(14-19)30-24(33(21)12-11-22(28)34)31-25(36)29-18-8-6-7-17(13-18)16-27/h6-10,13-14,24,30H,5,11-12,15H2,1-4H3,(H2,28,34)(H2,29,31,36). The maximum Gasteiger partial charge on any atom is 0.322 e. The first kappa shape index (κ1) is 26.3. The van der Waals surface area contributed by atoms with Crippen LogP contribution in [0.4, 0.5) is 27.5 Å². The van der Waals surface area contributed by atoms with Crippen LogP contribution in [-0.4, -0.2) is 37.2 Å². The molecule has 1 unspecified atom stereocenters. The van der Waals surface area contributed by atoms with E-state index in [9.17, 15) is 14.4 Å². The number of amides is 4. The summed E-state index contributed by atoms with van der Waals surface area (Å²) in [6.45, 7) is 8.80. The number of carbonyl (C=O) groups excluding carboxylic acids is 3. The summed E-state index contributed by atoms with van der Waals surface area (Å²) in [5.41, 5.74) is 8.37. The van der Waals surface area contributed by atoms with Crippen LogP contribution in [0.2, 0.25) is 0 Å². The van der Waals surface area contributed by atoms with Gasteiger partial charge >= 0.3 is 6.03 Å². The van der Waals surface area contributed by atoms with Gasteiger partial charge in [-0.15, -0.1) is 0 Å². The Morgan fingerprint density at radius 2 is 1.94 bits per heavy atom. The summed E-state index contributed by atoms with van der Waals surface area (Å²) in [4.78, 5) is 40.7. The van der Waals surface area contributed by atoms with Gasteiger partial charge < -0.3 is 31.5 Å². The quantitative estimate of drug-likeness (QED) is 0.444. The number of hydrogen-bond acceptors (Lipinski definition) is 6. The number of hydrogen-bond donors (Lipinski definition) is 4. The van der Waals surface area contributed by atoms with Crippen molar-refractivity contribution < 1.29 is 14.4 Å². The van der Waals surface area contributed by atoms with E-state index in [1.54, 1.807) is 29.2 Å². The first-order valence-corrected chi connectivity index (χ1v) is 11.8. The van der Waals surface area contributed by atoms with E-state index < -0.39 is 18.2 Å². The molecule has 0 radical (unpaired) electrons. The molecule has 0 aliphatic carbocycles. The number of benzene rings is 2. The summed E-state index contributed by atoms with van der Waals surface area (Å²) in [6, 6.07) is 13.7. The lowest BCUT2D eigenvalue weighted by atomic mass is 9.91. The largest absolute Gasteiger partial charge is 0.370 e. The van der Waals surface area contributed by atoms with Gasteiger partial charge in [-0.05, 0) is 48.7 Å². The zero-order valence-electron chi connectivity index (χ0n) is 21.1. The second kappa shape index (κ2) is 11.0. The minimum atomic E-state index is -0.658. The van der Waals surface area contributed by atoms with Crippen molar-refractivity contribution >= 4 is 40.6 Å². The van der Waals surface area contributed by atoms with Crippen LogP contribution in [-0.2, 0) is 9.59 Å². The highest BCUT2D eigenvalue weighted by molar-refractivity contribution is 5.96. The van der Waals surface area contributed by atoms with Crippen LogP contribution in [0, 0.1) is 16.7 Å². The minimum Gasteiger partial charge on any atom is -0.370 e. The van der Waals surface area contributed by atoms with Gasteiger partial charge in [-0.25, -0.2) is 4.79 Å². The number of urea groups is 1. The zero-order chi connectivity index (χ0) is 26.5. The Morgan fingerprint density at radius 3 is 2.58 bits per heavy atom. The van der Waals surface area contributed by atoms with Crippen molar-refractivity contribution in [3.05, 3.63) is 48.0 Å².